The molecule has 10 heteroatoms. The van der Waals surface area contributed by atoms with Gasteiger partial charge >= 0.3 is 6.36 Å². The van der Waals surface area contributed by atoms with Crippen LogP contribution in [-0.4, -0.2) is 37.4 Å². The maximum Gasteiger partial charge on any atom is 0.573 e. The van der Waals surface area contributed by atoms with Crippen molar-refractivity contribution in [3.63, 3.8) is 0 Å². The van der Waals surface area contributed by atoms with Gasteiger partial charge in [-0.2, -0.15) is 0 Å². The average molecular weight is 502 g/mol. The highest BCUT2D eigenvalue weighted by Gasteiger charge is 2.31. The first-order valence-corrected chi connectivity index (χ1v) is 8.36. The molecule has 0 radical (unpaired) electrons. The number of aliphatic imine (C=N–C) groups is 1. The summed E-state index contributed by atoms with van der Waals surface area (Å²) in [6.45, 7) is 6.54. The largest absolute Gasteiger partial charge is 0.573 e. The molecule has 0 aliphatic heterocycles. The number of carbonyl (C=O) groups excluding carboxylic acids is 1. The number of hydrogen-bond acceptors (Lipinski definition) is 3. The van der Waals surface area contributed by atoms with Crippen LogP contribution in [0.5, 0.6) is 5.75 Å². The van der Waals surface area contributed by atoms with E-state index in [0.29, 0.717) is 24.6 Å². The summed E-state index contributed by atoms with van der Waals surface area (Å²) in [6, 6.07) is 5.91. The van der Waals surface area contributed by atoms with Crippen molar-refractivity contribution in [2.75, 3.05) is 13.1 Å². The zero-order valence-electron chi connectivity index (χ0n) is 15.5. The third-order valence-corrected chi connectivity index (χ3v) is 3.04. The Morgan fingerprint density at radius 2 is 1.89 bits per heavy atom. The van der Waals surface area contributed by atoms with Crippen LogP contribution in [0.4, 0.5) is 13.2 Å². The van der Waals surface area contributed by atoms with Crippen molar-refractivity contribution in [2.24, 2.45) is 4.99 Å². The van der Waals surface area contributed by atoms with Gasteiger partial charge in [0, 0.05) is 31.1 Å². The summed E-state index contributed by atoms with van der Waals surface area (Å²) >= 11 is 0. The number of rotatable bonds is 8. The van der Waals surface area contributed by atoms with Crippen molar-refractivity contribution < 1.29 is 22.7 Å². The minimum absolute atomic E-state index is 0. The summed E-state index contributed by atoms with van der Waals surface area (Å²) in [4.78, 5) is 15.9. The lowest BCUT2D eigenvalue weighted by Gasteiger charge is -2.14. The Morgan fingerprint density at radius 3 is 2.48 bits per heavy atom. The summed E-state index contributed by atoms with van der Waals surface area (Å²) in [5.41, 5.74) is 0.305. The molecular formula is C17H26F3IN4O2. The molecule has 6 nitrogen and oxygen atoms in total. The zero-order chi connectivity index (χ0) is 19.6. The first-order valence-electron chi connectivity index (χ1n) is 8.36. The zero-order valence-corrected chi connectivity index (χ0v) is 17.9. The Bertz CT molecular complexity index is 610. The molecule has 0 aromatic heterocycles. The highest BCUT2D eigenvalue weighted by atomic mass is 127. The van der Waals surface area contributed by atoms with Crippen LogP contribution >= 0.6 is 24.0 Å². The number of amides is 1. The van der Waals surface area contributed by atoms with Crippen LogP contribution in [0.3, 0.4) is 0 Å². The summed E-state index contributed by atoms with van der Waals surface area (Å²) in [6.07, 6.45) is -4.50. The topological polar surface area (TPSA) is 74.8 Å². The molecule has 0 atom stereocenters. The number of alkyl halides is 3. The fourth-order valence-electron chi connectivity index (χ4n) is 2.05. The van der Waals surface area contributed by atoms with Crippen molar-refractivity contribution in [1.29, 1.82) is 0 Å². The van der Waals surface area contributed by atoms with Crippen molar-refractivity contribution >= 4 is 35.8 Å². The minimum atomic E-state index is -4.76. The average Bonchev–Trinajstić information content (AvgIpc) is 2.51. The van der Waals surface area contributed by atoms with E-state index < -0.39 is 6.36 Å². The smallest absolute Gasteiger partial charge is 0.405 e. The van der Waals surface area contributed by atoms with Crippen LogP contribution in [0.1, 0.15) is 32.8 Å². The van der Waals surface area contributed by atoms with Crippen LogP contribution in [0.15, 0.2) is 29.3 Å². The first kappa shape index (κ1) is 25.3. The number of para-hydroxylation sites is 1. The van der Waals surface area contributed by atoms with Gasteiger partial charge in [-0.15, -0.1) is 37.1 Å². The second-order valence-corrected chi connectivity index (χ2v) is 5.75. The van der Waals surface area contributed by atoms with E-state index in [1.165, 1.54) is 18.2 Å². The molecule has 1 aromatic rings. The number of hydrogen-bond donors (Lipinski definition) is 3. The molecule has 1 aromatic carbocycles. The van der Waals surface area contributed by atoms with Gasteiger partial charge in [-0.1, -0.05) is 18.2 Å². The summed E-state index contributed by atoms with van der Waals surface area (Å²) in [5, 5.41) is 8.73. The third-order valence-electron chi connectivity index (χ3n) is 3.04. The maximum absolute atomic E-state index is 12.5. The predicted octanol–water partition coefficient (Wildman–Crippen LogP) is 3.17. The lowest BCUT2D eigenvalue weighted by Crippen LogP contribution is -2.40. The van der Waals surface area contributed by atoms with Gasteiger partial charge in [0.1, 0.15) is 5.75 Å². The standard InChI is InChI=1S/C17H25F3N4O2.HI/c1-4-21-16(22-10-9-15(25)24-12(2)3)23-11-13-7-5-6-8-14(13)26-17(18,19)20;/h5-8,12H,4,9-11H2,1-3H3,(H,24,25)(H2,21,22,23);1H. The normalized spacial score (nSPS) is 11.6. The van der Waals surface area contributed by atoms with Crippen LogP contribution in [0.25, 0.3) is 0 Å². The van der Waals surface area contributed by atoms with Gasteiger partial charge in [0.15, 0.2) is 5.96 Å². The van der Waals surface area contributed by atoms with Gasteiger partial charge in [0.2, 0.25) is 5.91 Å². The molecule has 0 fully saturated rings. The predicted molar refractivity (Wildman–Crippen MR) is 109 cm³/mol. The molecule has 0 bridgehead atoms. The van der Waals surface area contributed by atoms with E-state index in [1.807, 2.05) is 20.8 Å². The molecule has 0 saturated carbocycles. The Kier molecular flexibility index (Phi) is 11.8. The molecule has 1 rings (SSSR count). The lowest BCUT2D eigenvalue weighted by atomic mass is 10.2. The van der Waals surface area contributed by atoms with Crippen LogP contribution < -0.4 is 20.7 Å². The summed E-state index contributed by atoms with van der Waals surface area (Å²) in [7, 11) is 0. The van der Waals surface area contributed by atoms with Crippen LogP contribution in [-0.2, 0) is 11.3 Å². The van der Waals surface area contributed by atoms with Crippen LogP contribution in [0, 0.1) is 0 Å². The fraction of sp³-hybridized carbons (Fsp3) is 0.529. The number of ether oxygens (including phenoxy) is 1. The van der Waals surface area contributed by atoms with E-state index in [-0.39, 0.29) is 54.6 Å². The molecule has 154 valence electrons. The number of halogens is 4. The van der Waals surface area contributed by atoms with Crippen LogP contribution in [0.2, 0.25) is 0 Å². The molecule has 0 saturated heterocycles. The van der Waals surface area contributed by atoms with Gasteiger partial charge in [-0.3, -0.25) is 4.79 Å². The SMILES string of the molecule is CCNC(=NCc1ccccc1OC(F)(F)F)NCCC(=O)NC(C)C.I. The third kappa shape index (κ3) is 11.6. The number of benzene rings is 1. The van der Waals surface area contributed by atoms with Gasteiger partial charge in [-0.25, -0.2) is 4.99 Å². The highest BCUT2D eigenvalue weighted by molar-refractivity contribution is 14.0. The van der Waals surface area contributed by atoms with E-state index in [4.69, 9.17) is 0 Å². The van der Waals surface area contributed by atoms with E-state index in [9.17, 15) is 18.0 Å². The molecule has 3 N–H and O–H groups in total. The van der Waals surface area contributed by atoms with Gasteiger partial charge in [0.05, 0.1) is 6.54 Å². The number of guanidine groups is 1. The van der Waals surface area contributed by atoms with Crippen molar-refractivity contribution in [3.8, 4) is 5.75 Å². The Labute approximate surface area is 174 Å². The monoisotopic (exact) mass is 502 g/mol. The number of nitrogens with one attached hydrogen (secondary N) is 3. The Hall–Kier alpha value is -1.72. The van der Waals surface area contributed by atoms with Gasteiger partial charge < -0.3 is 20.7 Å². The second kappa shape index (κ2) is 12.6. The van der Waals surface area contributed by atoms with E-state index >= 15 is 0 Å². The lowest BCUT2D eigenvalue weighted by molar-refractivity contribution is -0.274. The molecule has 0 aliphatic rings. The van der Waals surface area contributed by atoms with Gasteiger partial charge in [-0.05, 0) is 26.8 Å². The van der Waals surface area contributed by atoms with E-state index in [1.54, 1.807) is 6.07 Å². The Morgan fingerprint density at radius 1 is 1.22 bits per heavy atom. The summed E-state index contributed by atoms with van der Waals surface area (Å²) < 4.78 is 41.4. The summed E-state index contributed by atoms with van der Waals surface area (Å²) in [5.74, 6) is 0.0369. The van der Waals surface area contributed by atoms with E-state index in [0.717, 1.165) is 0 Å². The Balaban J connectivity index is 0.00000676. The fourth-order valence-corrected chi connectivity index (χ4v) is 2.05. The van der Waals surface area contributed by atoms with Crippen molar-refractivity contribution in [3.05, 3.63) is 29.8 Å². The second-order valence-electron chi connectivity index (χ2n) is 5.75. The molecule has 0 aliphatic carbocycles. The first-order chi connectivity index (χ1) is 12.2. The van der Waals surface area contributed by atoms with Crippen molar-refractivity contribution in [1.82, 2.24) is 16.0 Å². The maximum atomic E-state index is 12.5. The molecule has 1 amide bonds. The quantitative estimate of drug-likeness (QED) is 0.290. The van der Waals surface area contributed by atoms with E-state index in [2.05, 4.69) is 25.7 Å². The van der Waals surface area contributed by atoms with Gasteiger partial charge in [0.25, 0.3) is 0 Å². The molecule has 0 heterocycles. The number of carbonyl (C=O) groups is 1. The van der Waals surface area contributed by atoms with Crippen molar-refractivity contribution in [2.45, 2.75) is 46.1 Å². The molecular weight excluding hydrogens is 476 g/mol. The number of nitrogens with zero attached hydrogens (tertiary/aromatic N) is 1. The molecule has 0 unspecified atom stereocenters. The molecule has 27 heavy (non-hydrogen) atoms. The highest BCUT2D eigenvalue weighted by Crippen LogP contribution is 2.26. The minimum Gasteiger partial charge on any atom is -0.405 e. The molecule has 0 spiro atoms.